The zero-order valence-corrected chi connectivity index (χ0v) is 20.2. The van der Waals surface area contributed by atoms with E-state index in [-0.39, 0.29) is 34.6 Å². The quantitative estimate of drug-likeness (QED) is 0.567. The van der Waals surface area contributed by atoms with Crippen molar-refractivity contribution in [1.29, 1.82) is 0 Å². The van der Waals surface area contributed by atoms with Crippen molar-refractivity contribution >= 4 is 21.8 Å². The minimum atomic E-state index is -3.63. The van der Waals surface area contributed by atoms with Gasteiger partial charge in [0.2, 0.25) is 15.9 Å². The molecule has 2 N–H and O–H groups in total. The molecule has 1 saturated heterocycles. The molecule has 2 aromatic carbocycles. The number of hydrogen-bond donors (Lipinski definition) is 2. The molecule has 1 heterocycles. The van der Waals surface area contributed by atoms with E-state index in [0.29, 0.717) is 25.2 Å². The lowest BCUT2D eigenvalue weighted by molar-refractivity contribution is -0.117. The van der Waals surface area contributed by atoms with Crippen LogP contribution in [0.15, 0.2) is 66.1 Å². The number of benzene rings is 2. The van der Waals surface area contributed by atoms with Crippen LogP contribution in [0.5, 0.6) is 0 Å². The second-order valence-electron chi connectivity index (χ2n) is 9.24. The van der Waals surface area contributed by atoms with Crippen molar-refractivity contribution in [3.8, 4) is 0 Å². The average molecular weight is 482 g/mol. The van der Waals surface area contributed by atoms with Gasteiger partial charge in [0, 0.05) is 31.2 Å². The molecule has 2 atom stereocenters. The van der Waals surface area contributed by atoms with E-state index >= 15 is 0 Å². The largest absolute Gasteiger partial charge is 0.352 e. The average Bonchev–Trinajstić information content (AvgIpc) is 3.38. The van der Waals surface area contributed by atoms with Gasteiger partial charge in [-0.05, 0) is 73.9 Å². The van der Waals surface area contributed by atoms with Gasteiger partial charge in [0.15, 0.2) is 0 Å². The summed E-state index contributed by atoms with van der Waals surface area (Å²) < 4.78 is 27.8. The molecule has 2 unspecified atom stereocenters. The molecule has 7 nitrogen and oxygen atoms in total. The SMILES string of the molecule is C=CC(=O)NC1CC2CN(S(=O)(=O)c3ccc(C(=O)NCCc4cccc(C)c4)cc3)CC2C1. The monoisotopic (exact) mass is 481 g/mol. The van der Waals surface area contributed by atoms with Gasteiger partial charge in [0.25, 0.3) is 5.91 Å². The zero-order chi connectivity index (χ0) is 24.3. The Balaban J connectivity index is 1.31. The Morgan fingerprint density at radius 2 is 1.76 bits per heavy atom. The number of nitrogens with zero attached hydrogens (tertiary/aromatic N) is 1. The minimum Gasteiger partial charge on any atom is -0.352 e. The number of hydrogen-bond acceptors (Lipinski definition) is 4. The summed E-state index contributed by atoms with van der Waals surface area (Å²) in [5.74, 6) is 0.0698. The molecule has 34 heavy (non-hydrogen) atoms. The third-order valence-electron chi connectivity index (χ3n) is 6.79. The summed E-state index contributed by atoms with van der Waals surface area (Å²) in [6.45, 7) is 6.92. The lowest BCUT2D eigenvalue weighted by Crippen LogP contribution is -2.35. The molecule has 1 aliphatic heterocycles. The summed E-state index contributed by atoms with van der Waals surface area (Å²) in [6, 6.07) is 14.4. The van der Waals surface area contributed by atoms with E-state index < -0.39 is 10.0 Å². The van der Waals surface area contributed by atoms with Crippen LogP contribution in [0, 0.1) is 18.8 Å². The van der Waals surface area contributed by atoms with E-state index in [2.05, 4.69) is 23.3 Å². The van der Waals surface area contributed by atoms with Gasteiger partial charge in [-0.3, -0.25) is 9.59 Å². The maximum absolute atomic E-state index is 13.2. The maximum Gasteiger partial charge on any atom is 0.251 e. The van der Waals surface area contributed by atoms with Crippen LogP contribution in [0.2, 0.25) is 0 Å². The number of nitrogens with one attached hydrogen (secondary N) is 2. The van der Waals surface area contributed by atoms with Gasteiger partial charge in [-0.15, -0.1) is 0 Å². The maximum atomic E-state index is 13.2. The topological polar surface area (TPSA) is 95.6 Å². The fraction of sp³-hybridized carbons (Fsp3) is 0.385. The van der Waals surface area contributed by atoms with Crippen molar-refractivity contribution in [3.63, 3.8) is 0 Å². The van der Waals surface area contributed by atoms with Gasteiger partial charge < -0.3 is 10.6 Å². The zero-order valence-electron chi connectivity index (χ0n) is 19.4. The minimum absolute atomic E-state index is 0.0778. The summed E-state index contributed by atoms with van der Waals surface area (Å²) >= 11 is 0. The van der Waals surface area contributed by atoms with Gasteiger partial charge >= 0.3 is 0 Å². The Hall–Kier alpha value is -2.97. The fourth-order valence-electron chi connectivity index (χ4n) is 5.05. The Kier molecular flexibility index (Phi) is 7.19. The molecule has 2 amide bonds. The lowest BCUT2D eigenvalue weighted by atomic mass is 10.0. The molecule has 1 saturated carbocycles. The molecule has 180 valence electrons. The first kappa shape index (κ1) is 24.2. The van der Waals surface area contributed by atoms with Crippen molar-refractivity contribution in [2.24, 2.45) is 11.8 Å². The van der Waals surface area contributed by atoms with E-state index in [9.17, 15) is 18.0 Å². The van der Waals surface area contributed by atoms with Crippen molar-refractivity contribution in [2.75, 3.05) is 19.6 Å². The van der Waals surface area contributed by atoms with Gasteiger partial charge in [-0.25, -0.2) is 8.42 Å². The number of amides is 2. The van der Waals surface area contributed by atoms with Crippen molar-refractivity contribution in [2.45, 2.75) is 37.1 Å². The Bertz CT molecular complexity index is 1160. The molecule has 2 fully saturated rings. The van der Waals surface area contributed by atoms with Crippen LogP contribution in [0.4, 0.5) is 0 Å². The summed E-state index contributed by atoms with van der Waals surface area (Å²) in [4.78, 5) is 24.2. The predicted octanol–water partition coefficient (Wildman–Crippen LogP) is 2.67. The highest BCUT2D eigenvalue weighted by molar-refractivity contribution is 7.89. The van der Waals surface area contributed by atoms with Crippen LogP contribution in [0.25, 0.3) is 0 Å². The van der Waals surface area contributed by atoms with Gasteiger partial charge in [-0.1, -0.05) is 36.4 Å². The number of carbonyl (C=O) groups is 2. The van der Waals surface area contributed by atoms with Gasteiger partial charge in [0.05, 0.1) is 4.90 Å². The second-order valence-corrected chi connectivity index (χ2v) is 11.2. The first-order valence-corrected chi connectivity index (χ1v) is 13.1. The molecule has 2 aromatic rings. The van der Waals surface area contributed by atoms with E-state index in [1.807, 2.05) is 25.1 Å². The molecule has 0 radical (unpaired) electrons. The number of sulfonamides is 1. The van der Waals surface area contributed by atoms with Crippen LogP contribution in [0.1, 0.15) is 34.3 Å². The molecule has 1 aliphatic carbocycles. The standard InChI is InChI=1S/C26H31N3O4S/c1-3-25(30)28-23-14-21-16-29(17-22(21)15-23)34(32,33)24-9-7-20(8-10-24)26(31)27-12-11-19-6-4-5-18(2)13-19/h3-10,13,21-23H,1,11-12,14-17H2,2H3,(H,27,31)(H,28,30). The molecule has 0 spiro atoms. The van der Waals surface area contributed by atoms with E-state index in [1.54, 1.807) is 12.1 Å². The Morgan fingerprint density at radius 1 is 1.09 bits per heavy atom. The molecule has 0 bridgehead atoms. The third kappa shape index (κ3) is 5.39. The van der Waals surface area contributed by atoms with Crippen LogP contribution in [0.3, 0.4) is 0 Å². The Morgan fingerprint density at radius 3 is 2.38 bits per heavy atom. The first-order chi connectivity index (χ1) is 16.3. The number of fused-ring (bicyclic) bond motifs is 1. The second kappa shape index (κ2) is 10.1. The van der Waals surface area contributed by atoms with Crippen LogP contribution >= 0.6 is 0 Å². The third-order valence-corrected chi connectivity index (χ3v) is 8.63. The molecule has 2 aliphatic rings. The summed E-state index contributed by atoms with van der Waals surface area (Å²) in [5.41, 5.74) is 2.77. The normalized spacial score (nSPS) is 22.2. The van der Waals surface area contributed by atoms with Crippen molar-refractivity contribution in [1.82, 2.24) is 14.9 Å². The molecular formula is C26H31N3O4S. The molecule has 8 heteroatoms. The van der Waals surface area contributed by atoms with Crippen LogP contribution in [-0.2, 0) is 21.2 Å². The highest BCUT2D eigenvalue weighted by atomic mass is 32.2. The number of carbonyl (C=O) groups excluding carboxylic acids is 2. The van der Waals surface area contributed by atoms with Crippen LogP contribution in [-0.4, -0.2) is 50.2 Å². The molecular weight excluding hydrogens is 450 g/mol. The van der Waals surface area contributed by atoms with Crippen molar-refractivity contribution in [3.05, 3.63) is 77.9 Å². The number of rotatable bonds is 8. The van der Waals surface area contributed by atoms with Gasteiger partial charge in [0.1, 0.15) is 0 Å². The van der Waals surface area contributed by atoms with E-state index in [0.717, 1.165) is 24.8 Å². The van der Waals surface area contributed by atoms with Gasteiger partial charge in [-0.2, -0.15) is 4.31 Å². The summed E-state index contributed by atoms with van der Waals surface area (Å²) in [7, 11) is -3.63. The fourth-order valence-corrected chi connectivity index (χ4v) is 6.60. The lowest BCUT2D eigenvalue weighted by Gasteiger charge is -2.19. The van der Waals surface area contributed by atoms with Crippen LogP contribution < -0.4 is 10.6 Å². The highest BCUT2D eigenvalue weighted by Crippen LogP contribution is 2.40. The highest BCUT2D eigenvalue weighted by Gasteiger charge is 2.45. The molecule has 0 aromatic heterocycles. The van der Waals surface area contributed by atoms with E-state index in [1.165, 1.54) is 28.1 Å². The Labute approximate surface area is 201 Å². The van der Waals surface area contributed by atoms with Crippen molar-refractivity contribution < 1.29 is 18.0 Å². The number of aryl methyl sites for hydroxylation is 1. The smallest absolute Gasteiger partial charge is 0.251 e. The predicted molar refractivity (Wildman–Crippen MR) is 131 cm³/mol. The summed E-state index contributed by atoms with van der Waals surface area (Å²) in [6.07, 6.45) is 3.55. The molecule has 4 rings (SSSR count). The van der Waals surface area contributed by atoms with E-state index in [4.69, 9.17) is 0 Å². The summed E-state index contributed by atoms with van der Waals surface area (Å²) in [5, 5.41) is 5.82. The first-order valence-electron chi connectivity index (χ1n) is 11.6.